The predicted octanol–water partition coefficient (Wildman–Crippen LogP) is 5.24. The van der Waals surface area contributed by atoms with Gasteiger partial charge in [-0.3, -0.25) is 0 Å². The standard InChI is InChI=1S/C18H19NS/c1-3-17(19-2)15-8-4-7-14(12-15)16-9-5-6-13-10-11-20-18(13)16/h4-12,17,19H,3H2,1-2H3. The fraction of sp³-hybridized carbons (Fsp3) is 0.222. The monoisotopic (exact) mass is 281 g/mol. The molecule has 0 bridgehead atoms. The van der Waals surface area contributed by atoms with E-state index in [9.17, 15) is 0 Å². The molecule has 0 aliphatic heterocycles. The summed E-state index contributed by atoms with van der Waals surface area (Å²) in [5.74, 6) is 0. The number of thiophene rings is 1. The number of rotatable bonds is 4. The van der Waals surface area contributed by atoms with Crippen LogP contribution in [0.15, 0.2) is 53.9 Å². The van der Waals surface area contributed by atoms with Gasteiger partial charge in [0.2, 0.25) is 0 Å². The minimum absolute atomic E-state index is 0.428. The van der Waals surface area contributed by atoms with Gasteiger partial charge in [0, 0.05) is 10.7 Å². The zero-order valence-corrected chi connectivity index (χ0v) is 12.7. The van der Waals surface area contributed by atoms with Gasteiger partial charge >= 0.3 is 0 Å². The van der Waals surface area contributed by atoms with Crippen molar-refractivity contribution in [1.82, 2.24) is 5.32 Å². The van der Waals surface area contributed by atoms with Gasteiger partial charge in [0.05, 0.1) is 0 Å². The van der Waals surface area contributed by atoms with Crippen LogP contribution in [-0.2, 0) is 0 Å². The molecule has 0 amide bonds. The topological polar surface area (TPSA) is 12.0 Å². The van der Waals surface area contributed by atoms with Crippen LogP contribution in [0.2, 0.25) is 0 Å². The molecule has 0 saturated heterocycles. The second-order valence-corrected chi connectivity index (χ2v) is 5.94. The molecule has 1 heterocycles. The first kappa shape index (κ1) is 13.3. The Morgan fingerprint density at radius 2 is 1.95 bits per heavy atom. The lowest BCUT2D eigenvalue weighted by molar-refractivity contribution is 0.577. The second kappa shape index (κ2) is 5.78. The molecule has 0 saturated carbocycles. The lowest BCUT2D eigenvalue weighted by atomic mass is 9.98. The van der Waals surface area contributed by atoms with E-state index in [1.54, 1.807) is 0 Å². The van der Waals surface area contributed by atoms with Crippen LogP contribution in [0.3, 0.4) is 0 Å². The Balaban J connectivity index is 2.10. The number of benzene rings is 2. The molecule has 20 heavy (non-hydrogen) atoms. The van der Waals surface area contributed by atoms with Crippen molar-refractivity contribution in [3.63, 3.8) is 0 Å². The summed E-state index contributed by atoms with van der Waals surface area (Å²) in [6.45, 7) is 2.22. The summed E-state index contributed by atoms with van der Waals surface area (Å²) in [5, 5.41) is 6.88. The molecule has 1 unspecified atom stereocenters. The van der Waals surface area contributed by atoms with Crippen molar-refractivity contribution < 1.29 is 0 Å². The van der Waals surface area contributed by atoms with Crippen LogP contribution in [-0.4, -0.2) is 7.05 Å². The summed E-state index contributed by atoms with van der Waals surface area (Å²) in [5.41, 5.74) is 4.01. The Hall–Kier alpha value is -1.64. The molecule has 1 atom stereocenters. The van der Waals surface area contributed by atoms with E-state index in [0.717, 1.165) is 6.42 Å². The summed E-state index contributed by atoms with van der Waals surface area (Å²) in [4.78, 5) is 0. The van der Waals surface area contributed by atoms with Crippen LogP contribution in [0.5, 0.6) is 0 Å². The van der Waals surface area contributed by atoms with E-state index in [0.29, 0.717) is 6.04 Å². The van der Waals surface area contributed by atoms with Crippen molar-refractivity contribution >= 4 is 21.4 Å². The third-order valence-electron chi connectivity index (χ3n) is 3.84. The maximum Gasteiger partial charge on any atom is 0.0421 e. The molecule has 0 aliphatic rings. The van der Waals surface area contributed by atoms with Gasteiger partial charge in [0.15, 0.2) is 0 Å². The van der Waals surface area contributed by atoms with Crippen molar-refractivity contribution in [2.45, 2.75) is 19.4 Å². The lowest BCUT2D eigenvalue weighted by Gasteiger charge is -2.15. The van der Waals surface area contributed by atoms with Gasteiger partial charge in [-0.2, -0.15) is 0 Å². The third kappa shape index (κ3) is 2.37. The summed E-state index contributed by atoms with van der Waals surface area (Å²) >= 11 is 1.82. The first-order valence-corrected chi connectivity index (χ1v) is 7.95. The molecule has 0 aliphatic carbocycles. The van der Waals surface area contributed by atoms with Crippen LogP contribution >= 0.6 is 11.3 Å². The third-order valence-corrected chi connectivity index (χ3v) is 4.80. The van der Waals surface area contributed by atoms with E-state index in [1.165, 1.54) is 26.8 Å². The second-order valence-electron chi connectivity index (χ2n) is 5.02. The molecule has 3 rings (SSSR count). The Kier molecular flexibility index (Phi) is 3.86. The van der Waals surface area contributed by atoms with Crippen LogP contribution in [0.1, 0.15) is 24.9 Å². The normalized spacial score (nSPS) is 12.7. The van der Waals surface area contributed by atoms with Crippen LogP contribution in [0.4, 0.5) is 0 Å². The smallest absolute Gasteiger partial charge is 0.0421 e. The van der Waals surface area contributed by atoms with E-state index in [-0.39, 0.29) is 0 Å². The van der Waals surface area contributed by atoms with Crippen molar-refractivity contribution in [2.24, 2.45) is 0 Å². The summed E-state index contributed by atoms with van der Waals surface area (Å²) in [6, 6.07) is 18.1. The van der Waals surface area contributed by atoms with E-state index in [1.807, 2.05) is 18.4 Å². The van der Waals surface area contributed by atoms with Crippen LogP contribution < -0.4 is 5.32 Å². The fourth-order valence-corrected chi connectivity index (χ4v) is 3.69. The maximum absolute atomic E-state index is 3.38. The SMILES string of the molecule is CCC(NC)c1cccc(-c2cccc3ccsc23)c1. The maximum atomic E-state index is 3.38. The van der Waals surface area contributed by atoms with Crippen LogP contribution in [0.25, 0.3) is 21.2 Å². The van der Waals surface area contributed by atoms with E-state index in [4.69, 9.17) is 0 Å². The zero-order chi connectivity index (χ0) is 13.9. The number of hydrogen-bond donors (Lipinski definition) is 1. The average molecular weight is 281 g/mol. The lowest BCUT2D eigenvalue weighted by Crippen LogP contribution is -2.15. The highest BCUT2D eigenvalue weighted by Crippen LogP contribution is 2.33. The quantitative estimate of drug-likeness (QED) is 0.689. The molecule has 3 aromatic rings. The van der Waals surface area contributed by atoms with E-state index < -0.39 is 0 Å². The predicted molar refractivity (Wildman–Crippen MR) is 89.4 cm³/mol. The largest absolute Gasteiger partial charge is 0.313 e. The Morgan fingerprint density at radius 1 is 1.10 bits per heavy atom. The average Bonchev–Trinajstić information content (AvgIpc) is 2.97. The van der Waals surface area contributed by atoms with Gasteiger partial charge in [-0.15, -0.1) is 11.3 Å². The van der Waals surface area contributed by atoms with E-state index in [2.05, 4.69) is 66.2 Å². The highest BCUT2D eigenvalue weighted by molar-refractivity contribution is 7.17. The molecule has 0 radical (unpaired) electrons. The molecular formula is C18H19NS. The molecule has 102 valence electrons. The first-order chi connectivity index (χ1) is 9.83. The van der Waals surface area contributed by atoms with Crippen LogP contribution in [0, 0.1) is 0 Å². The zero-order valence-electron chi connectivity index (χ0n) is 11.9. The fourth-order valence-electron chi connectivity index (χ4n) is 2.75. The summed E-state index contributed by atoms with van der Waals surface area (Å²) < 4.78 is 1.38. The summed E-state index contributed by atoms with van der Waals surface area (Å²) in [7, 11) is 2.03. The Bertz CT molecular complexity index is 710. The molecule has 0 fully saturated rings. The summed E-state index contributed by atoms with van der Waals surface area (Å²) in [6.07, 6.45) is 1.10. The van der Waals surface area contributed by atoms with Gasteiger partial charge in [0.1, 0.15) is 0 Å². The minimum Gasteiger partial charge on any atom is -0.313 e. The van der Waals surface area contributed by atoms with Gasteiger partial charge in [-0.05, 0) is 53.1 Å². The first-order valence-electron chi connectivity index (χ1n) is 7.07. The van der Waals surface area contributed by atoms with Crippen molar-refractivity contribution in [1.29, 1.82) is 0 Å². The molecular weight excluding hydrogens is 262 g/mol. The van der Waals surface area contributed by atoms with Gasteiger partial charge in [-0.1, -0.05) is 43.3 Å². The highest BCUT2D eigenvalue weighted by Gasteiger charge is 2.09. The van der Waals surface area contributed by atoms with Gasteiger partial charge < -0.3 is 5.32 Å². The highest BCUT2D eigenvalue weighted by atomic mass is 32.1. The Morgan fingerprint density at radius 3 is 2.75 bits per heavy atom. The van der Waals surface area contributed by atoms with Crippen molar-refractivity contribution in [2.75, 3.05) is 7.05 Å². The van der Waals surface area contributed by atoms with Crippen molar-refractivity contribution in [3.8, 4) is 11.1 Å². The molecule has 1 nitrogen and oxygen atoms in total. The van der Waals surface area contributed by atoms with Gasteiger partial charge in [-0.25, -0.2) is 0 Å². The minimum atomic E-state index is 0.428. The van der Waals surface area contributed by atoms with E-state index >= 15 is 0 Å². The number of nitrogens with one attached hydrogen (secondary N) is 1. The number of hydrogen-bond acceptors (Lipinski definition) is 2. The Labute approximate surface area is 124 Å². The molecule has 2 heteroatoms. The number of fused-ring (bicyclic) bond motifs is 1. The molecule has 0 spiro atoms. The molecule has 1 N–H and O–H groups in total. The molecule has 1 aromatic heterocycles. The van der Waals surface area contributed by atoms with Gasteiger partial charge in [0.25, 0.3) is 0 Å². The van der Waals surface area contributed by atoms with Crippen molar-refractivity contribution in [3.05, 3.63) is 59.5 Å². The molecule has 2 aromatic carbocycles.